The fraction of sp³-hybridized carbons (Fsp3) is 0.947. The zero-order chi connectivity index (χ0) is 17.4. The van der Waals surface area contributed by atoms with Gasteiger partial charge >= 0.3 is 0 Å². The van der Waals surface area contributed by atoms with Crippen molar-refractivity contribution in [1.29, 1.82) is 0 Å². The number of piperidine rings is 1. The summed E-state index contributed by atoms with van der Waals surface area (Å²) < 4.78 is 0. The molecule has 0 aliphatic carbocycles. The molecule has 24 heavy (non-hydrogen) atoms. The van der Waals surface area contributed by atoms with Crippen LogP contribution in [0, 0.1) is 17.8 Å². The number of piperazine rings is 1. The van der Waals surface area contributed by atoms with Gasteiger partial charge in [-0.05, 0) is 50.2 Å². The molecule has 0 spiro atoms. The monoisotopic (exact) mass is 338 g/mol. The van der Waals surface area contributed by atoms with Gasteiger partial charge in [0.05, 0.1) is 0 Å². The normalized spacial score (nSPS) is 26.0. The van der Waals surface area contributed by atoms with Crippen LogP contribution in [0.3, 0.4) is 0 Å². The maximum Gasteiger partial charge on any atom is 0.220 e. The summed E-state index contributed by atoms with van der Waals surface area (Å²) in [5, 5.41) is 6.62. The number of nitrogens with one attached hydrogen (secondary N) is 2. The highest BCUT2D eigenvalue weighted by molar-refractivity contribution is 5.76. The van der Waals surface area contributed by atoms with Gasteiger partial charge in [-0.25, -0.2) is 0 Å². The third-order valence-electron chi connectivity index (χ3n) is 5.78. The zero-order valence-electron chi connectivity index (χ0n) is 16.0. The molecule has 3 unspecified atom stereocenters. The van der Waals surface area contributed by atoms with Crippen LogP contribution in [-0.4, -0.2) is 74.6 Å². The van der Waals surface area contributed by atoms with Gasteiger partial charge in [-0.3, -0.25) is 4.79 Å². The van der Waals surface area contributed by atoms with Crippen molar-refractivity contribution in [1.82, 2.24) is 20.4 Å². The molecule has 0 bridgehead atoms. The molecule has 0 saturated carbocycles. The van der Waals surface area contributed by atoms with Crippen LogP contribution in [-0.2, 0) is 4.79 Å². The summed E-state index contributed by atoms with van der Waals surface area (Å²) in [6.07, 6.45) is 3.19. The fourth-order valence-corrected chi connectivity index (χ4v) is 3.98. The number of hydrogen-bond acceptors (Lipinski definition) is 4. The maximum atomic E-state index is 12.2. The van der Waals surface area contributed by atoms with E-state index in [0.717, 1.165) is 45.8 Å². The van der Waals surface area contributed by atoms with Crippen LogP contribution >= 0.6 is 0 Å². The van der Waals surface area contributed by atoms with Gasteiger partial charge in [0.1, 0.15) is 0 Å². The van der Waals surface area contributed by atoms with E-state index in [0.29, 0.717) is 24.2 Å². The van der Waals surface area contributed by atoms with Crippen LogP contribution in [0.25, 0.3) is 0 Å². The van der Waals surface area contributed by atoms with Crippen molar-refractivity contribution in [3.63, 3.8) is 0 Å². The van der Waals surface area contributed by atoms with Gasteiger partial charge in [-0.2, -0.15) is 0 Å². The van der Waals surface area contributed by atoms with Gasteiger partial charge in [-0.1, -0.05) is 20.8 Å². The highest BCUT2D eigenvalue weighted by Crippen LogP contribution is 2.22. The Hall–Kier alpha value is -0.650. The third kappa shape index (κ3) is 6.69. The maximum absolute atomic E-state index is 12.2. The number of amides is 1. The molecule has 0 aromatic carbocycles. The lowest BCUT2D eigenvalue weighted by atomic mass is 9.85. The second-order valence-corrected chi connectivity index (χ2v) is 7.93. The summed E-state index contributed by atoms with van der Waals surface area (Å²) in [6.45, 7) is 16.7. The summed E-state index contributed by atoms with van der Waals surface area (Å²) in [6, 6.07) is 0. The number of nitrogens with zero attached hydrogens (tertiary/aromatic N) is 2. The van der Waals surface area contributed by atoms with Crippen LogP contribution < -0.4 is 10.6 Å². The Labute approximate surface area is 148 Å². The Morgan fingerprint density at radius 2 is 1.92 bits per heavy atom. The summed E-state index contributed by atoms with van der Waals surface area (Å²) in [5.74, 6) is 1.90. The van der Waals surface area contributed by atoms with Crippen molar-refractivity contribution in [2.24, 2.45) is 17.8 Å². The van der Waals surface area contributed by atoms with E-state index in [4.69, 9.17) is 0 Å². The Balaban J connectivity index is 1.59. The largest absolute Gasteiger partial charge is 0.356 e. The zero-order valence-corrected chi connectivity index (χ0v) is 16.0. The molecule has 2 fully saturated rings. The first-order valence-corrected chi connectivity index (χ1v) is 10.0. The molecular formula is C19H38N4O. The summed E-state index contributed by atoms with van der Waals surface area (Å²) in [5.41, 5.74) is 0. The summed E-state index contributed by atoms with van der Waals surface area (Å²) in [4.78, 5) is 17.3. The van der Waals surface area contributed by atoms with Gasteiger partial charge in [-0.15, -0.1) is 0 Å². The average molecular weight is 339 g/mol. The summed E-state index contributed by atoms with van der Waals surface area (Å²) >= 11 is 0. The van der Waals surface area contributed by atoms with Gasteiger partial charge in [0.15, 0.2) is 0 Å². The van der Waals surface area contributed by atoms with Gasteiger partial charge in [0, 0.05) is 45.7 Å². The Kier molecular flexibility index (Phi) is 8.50. The lowest BCUT2D eigenvalue weighted by Crippen LogP contribution is -2.48. The van der Waals surface area contributed by atoms with Crippen molar-refractivity contribution in [3.8, 4) is 0 Å². The third-order valence-corrected chi connectivity index (χ3v) is 5.78. The van der Waals surface area contributed by atoms with E-state index in [1.54, 1.807) is 0 Å². The van der Waals surface area contributed by atoms with Crippen LogP contribution in [0.2, 0.25) is 0 Å². The quantitative estimate of drug-likeness (QED) is 0.702. The van der Waals surface area contributed by atoms with E-state index in [-0.39, 0.29) is 5.91 Å². The molecule has 0 aromatic rings. The second-order valence-electron chi connectivity index (χ2n) is 7.93. The molecule has 2 rings (SSSR count). The molecular weight excluding hydrogens is 300 g/mol. The minimum Gasteiger partial charge on any atom is -0.356 e. The predicted octanol–water partition coefficient (Wildman–Crippen LogP) is 1.40. The van der Waals surface area contributed by atoms with E-state index in [1.807, 2.05) is 0 Å². The van der Waals surface area contributed by atoms with Gasteiger partial charge < -0.3 is 20.4 Å². The van der Waals surface area contributed by atoms with Crippen molar-refractivity contribution < 1.29 is 4.79 Å². The van der Waals surface area contributed by atoms with Crippen molar-refractivity contribution in [3.05, 3.63) is 0 Å². The number of likely N-dealkylation sites (N-methyl/N-ethyl adjacent to an activating group) is 1. The van der Waals surface area contributed by atoms with E-state index in [9.17, 15) is 4.79 Å². The number of carbonyl (C=O) groups is 1. The molecule has 3 atom stereocenters. The lowest BCUT2D eigenvalue weighted by molar-refractivity contribution is -0.122. The molecule has 140 valence electrons. The molecule has 5 heteroatoms. The SMILES string of the molecule is CCN1CCN(CC(C)CNC(=O)CC(C)C2CCCNC2)CC1. The number of rotatable bonds is 8. The molecule has 0 radical (unpaired) electrons. The van der Waals surface area contributed by atoms with E-state index < -0.39 is 0 Å². The van der Waals surface area contributed by atoms with Gasteiger partial charge in [0.25, 0.3) is 0 Å². The van der Waals surface area contributed by atoms with E-state index in [1.165, 1.54) is 25.9 Å². The van der Waals surface area contributed by atoms with Crippen molar-refractivity contribution in [2.75, 3.05) is 58.9 Å². The molecule has 0 aromatic heterocycles. The average Bonchev–Trinajstić information content (AvgIpc) is 2.61. The molecule has 2 N–H and O–H groups in total. The predicted molar refractivity (Wildman–Crippen MR) is 100 cm³/mol. The highest BCUT2D eigenvalue weighted by atomic mass is 16.1. The van der Waals surface area contributed by atoms with Crippen LogP contribution in [0.15, 0.2) is 0 Å². The molecule has 2 heterocycles. The number of hydrogen-bond donors (Lipinski definition) is 2. The van der Waals surface area contributed by atoms with Crippen molar-refractivity contribution >= 4 is 5.91 Å². The Morgan fingerprint density at radius 1 is 1.21 bits per heavy atom. The first-order valence-electron chi connectivity index (χ1n) is 10.0. The van der Waals surface area contributed by atoms with Crippen LogP contribution in [0.5, 0.6) is 0 Å². The first-order chi connectivity index (χ1) is 11.6. The van der Waals surface area contributed by atoms with Gasteiger partial charge in [0.2, 0.25) is 5.91 Å². The molecule has 2 aliphatic rings. The highest BCUT2D eigenvalue weighted by Gasteiger charge is 2.22. The standard InChI is InChI=1S/C19H38N4O/c1-4-22-8-10-23(11-9-22)15-16(2)13-21-19(24)12-17(3)18-6-5-7-20-14-18/h16-18,20H,4-15H2,1-3H3,(H,21,24). The Morgan fingerprint density at radius 3 is 2.54 bits per heavy atom. The molecule has 2 aliphatic heterocycles. The second kappa shape index (κ2) is 10.4. The van der Waals surface area contributed by atoms with Crippen molar-refractivity contribution in [2.45, 2.75) is 40.0 Å². The number of carbonyl (C=O) groups excluding carboxylic acids is 1. The molecule has 2 saturated heterocycles. The van der Waals surface area contributed by atoms with E-state index >= 15 is 0 Å². The minimum atomic E-state index is 0.232. The minimum absolute atomic E-state index is 0.232. The summed E-state index contributed by atoms with van der Waals surface area (Å²) in [7, 11) is 0. The molecule has 1 amide bonds. The van der Waals surface area contributed by atoms with E-state index in [2.05, 4.69) is 41.2 Å². The Bertz CT molecular complexity index is 362. The van der Waals surface area contributed by atoms with Crippen LogP contribution in [0.4, 0.5) is 0 Å². The topological polar surface area (TPSA) is 47.6 Å². The fourth-order valence-electron chi connectivity index (χ4n) is 3.98. The first kappa shape index (κ1) is 19.7. The molecule has 5 nitrogen and oxygen atoms in total. The van der Waals surface area contributed by atoms with Crippen LogP contribution in [0.1, 0.15) is 40.0 Å². The lowest BCUT2D eigenvalue weighted by Gasteiger charge is -2.35. The smallest absolute Gasteiger partial charge is 0.220 e.